The Kier molecular flexibility index (Phi) is 2.03. The highest BCUT2D eigenvalue weighted by Gasteiger charge is 2.43. The van der Waals surface area contributed by atoms with E-state index in [4.69, 9.17) is 15.2 Å². The Balaban J connectivity index is 2.39. The number of methoxy groups -OCH3 is 2. The van der Waals surface area contributed by atoms with Crippen LogP contribution in [0.2, 0.25) is 0 Å². The Hall–Kier alpha value is -1.36. The fraction of sp³-hybridized carbons (Fsp3) is 0.556. The molecule has 0 radical (unpaired) electrons. The summed E-state index contributed by atoms with van der Waals surface area (Å²) in [6.07, 6.45) is 1.84. The van der Waals surface area contributed by atoms with Crippen LogP contribution in [0.5, 0.6) is 11.8 Å². The molecule has 0 unspecified atom stereocenters. The number of aromatic nitrogens is 2. The van der Waals surface area contributed by atoms with Crippen LogP contribution in [0.4, 0.5) is 0 Å². The lowest BCUT2D eigenvalue weighted by molar-refractivity contribution is 0.364. The first kappa shape index (κ1) is 9.21. The van der Waals surface area contributed by atoms with Crippen LogP contribution < -0.4 is 15.2 Å². The maximum Gasteiger partial charge on any atom is 0.220 e. The molecule has 1 fully saturated rings. The van der Waals surface area contributed by atoms with E-state index in [-0.39, 0.29) is 5.54 Å². The molecule has 1 aliphatic carbocycles. The molecule has 76 valence electrons. The van der Waals surface area contributed by atoms with E-state index in [0.717, 1.165) is 12.8 Å². The van der Waals surface area contributed by atoms with E-state index in [1.54, 1.807) is 20.3 Å². The van der Waals surface area contributed by atoms with E-state index >= 15 is 0 Å². The lowest BCUT2D eigenvalue weighted by Gasteiger charge is -2.10. The minimum Gasteiger partial charge on any atom is -0.481 e. The summed E-state index contributed by atoms with van der Waals surface area (Å²) in [6, 6.07) is 1.63. The molecule has 1 aliphatic rings. The molecule has 2 N–H and O–H groups in total. The van der Waals surface area contributed by atoms with Crippen molar-refractivity contribution in [3.8, 4) is 11.8 Å². The summed E-state index contributed by atoms with van der Waals surface area (Å²) in [5.74, 6) is 1.58. The van der Waals surface area contributed by atoms with Crippen molar-refractivity contribution in [3.05, 3.63) is 11.9 Å². The molecular formula is C9H13N3O2. The monoisotopic (exact) mass is 195 g/mol. The van der Waals surface area contributed by atoms with Crippen molar-refractivity contribution in [2.45, 2.75) is 18.4 Å². The van der Waals surface area contributed by atoms with Crippen LogP contribution in [0.15, 0.2) is 6.07 Å². The van der Waals surface area contributed by atoms with E-state index in [0.29, 0.717) is 17.6 Å². The minimum atomic E-state index is -0.359. The molecule has 1 saturated carbocycles. The summed E-state index contributed by atoms with van der Waals surface area (Å²) in [7, 11) is 3.11. The van der Waals surface area contributed by atoms with Crippen molar-refractivity contribution >= 4 is 0 Å². The van der Waals surface area contributed by atoms with Crippen molar-refractivity contribution in [1.29, 1.82) is 0 Å². The Bertz CT molecular complexity index is 328. The lowest BCUT2D eigenvalue weighted by atomic mass is 10.3. The Morgan fingerprint density at radius 1 is 1.21 bits per heavy atom. The smallest absolute Gasteiger partial charge is 0.220 e. The van der Waals surface area contributed by atoms with Crippen LogP contribution >= 0.6 is 0 Å². The molecule has 2 rings (SSSR count). The molecule has 0 aromatic carbocycles. The van der Waals surface area contributed by atoms with Gasteiger partial charge in [-0.3, -0.25) is 0 Å². The van der Waals surface area contributed by atoms with Gasteiger partial charge in [-0.15, -0.1) is 0 Å². The highest BCUT2D eigenvalue weighted by atomic mass is 16.5. The highest BCUT2D eigenvalue weighted by molar-refractivity contribution is 5.26. The predicted octanol–water partition coefficient (Wildman–Crippen LogP) is 0.442. The SMILES string of the molecule is COc1cc(OC)nc(C2(N)CC2)n1. The Morgan fingerprint density at radius 3 is 2.07 bits per heavy atom. The van der Waals surface area contributed by atoms with Crippen LogP contribution in [-0.2, 0) is 5.54 Å². The molecule has 0 saturated heterocycles. The van der Waals surface area contributed by atoms with E-state index in [9.17, 15) is 0 Å². The normalized spacial score (nSPS) is 17.6. The zero-order valence-electron chi connectivity index (χ0n) is 8.28. The second-order valence-corrected chi connectivity index (χ2v) is 3.43. The first-order chi connectivity index (χ1) is 6.68. The zero-order valence-corrected chi connectivity index (χ0v) is 8.28. The first-order valence-corrected chi connectivity index (χ1v) is 4.44. The number of hydrogen-bond donors (Lipinski definition) is 1. The number of rotatable bonds is 3. The van der Waals surface area contributed by atoms with Crippen LogP contribution in [-0.4, -0.2) is 24.2 Å². The number of nitrogens with two attached hydrogens (primary N) is 1. The van der Waals surface area contributed by atoms with Gasteiger partial charge in [0, 0.05) is 0 Å². The van der Waals surface area contributed by atoms with E-state index in [2.05, 4.69) is 9.97 Å². The number of hydrogen-bond acceptors (Lipinski definition) is 5. The van der Waals surface area contributed by atoms with Gasteiger partial charge in [-0.05, 0) is 12.8 Å². The molecule has 5 nitrogen and oxygen atoms in total. The molecule has 0 aliphatic heterocycles. The highest BCUT2D eigenvalue weighted by Crippen LogP contribution is 2.41. The second kappa shape index (κ2) is 3.09. The van der Waals surface area contributed by atoms with Crippen LogP contribution in [0.25, 0.3) is 0 Å². The third kappa shape index (κ3) is 1.50. The van der Waals surface area contributed by atoms with Crippen molar-refractivity contribution in [2.24, 2.45) is 5.73 Å². The fourth-order valence-electron chi connectivity index (χ4n) is 1.19. The van der Waals surface area contributed by atoms with Gasteiger partial charge in [-0.1, -0.05) is 0 Å². The summed E-state index contributed by atoms with van der Waals surface area (Å²) in [6.45, 7) is 0. The maximum atomic E-state index is 5.98. The standard InChI is InChI=1S/C9H13N3O2/c1-13-6-5-7(14-2)12-8(11-6)9(10)3-4-9/h5H,3-4,10H2,1-2H3. The van der Waals surface area contributed by atoms with Gasteiger partial charge in [0.15, 0.2) is 5.82 Å². The average molecular weight is 195 g/mol. The number of nitrogens with zero attached hydrogens (tertiary/aromatic N) is 2. The van der Waals surface area contributed by atoms with Crippen molar-refractivity contribution in [2.75, 3.05) is 14.2 Å². The predicted molar refractivity (Wildman–Crippen MR) is 50.2 cm³/mol. The van der Waals surface area contributed by atoms with Gasteiger partial charge in [0.2, 0.25) is 11.8 Å². The molecule has 0 bridgehead atoms. The molecular weight excluding hydrogens is 182 g/mol. The molecule has 5 heteroatoms. The second-order valence-electron chi connectivity index (χ2n) is 3.43. The zero-order chi connectivity index (χ0) is 10.2. The van der Waals surface area contributed by atoms with Crippen molar-refractivity contribution < 1.29 is 9.47 Å². The fourth-order valence-corrected chi connectivity index (χ4v) is 1.19. The van der Waals surface area contributed by atoms with Crippen LogP contribution in [0.1, 0.15) is 18.7 Å². The molecule has 14 heavy (non-hydrogen) atoms. The average Bonchev–Trinajstić information content (AvgIpc) is 2.97. The maximum absolute atomic E-state index is 5.98. The van der Waals surface area contributed by atoms with Crippen LogP contribution in [0, 0.1) is 0 Å². The molecule has 1 aromatic heterocycles. The molecule has 0 atom stereocenters. The van der Waals surface area contributed by atoms with Gasteiger partial charge in [0.05, 0.1) is 25.8 Å². The number of ether oxygens (including phenoxy) is 2. The summed E-state index contributed by atoms with van der Waals surface area (Å²) in [5, 5.41) is 0. The summed E-state index contributed by atoms with van der Waals surface area (Å²) in [5.41, 5.74) is 5.62. The Labute approximate surface area is 82.3 Å². The Morgan fingerprint density at radius 2 is 1.71 bits per heavy atom. The third-order valence-electron chi connectivity index (χ3n) is 2.33. The summed E-state index contributed by atoms with van der Waals surface area (Å²) >= 11 is 0. The molecule has 0 spiro atoms. The molecule has 1 heterocycles. The molecule has 1 aromatic rings. The van der Waals surface area contributed by atoms with Gasteiger partial charge in [-0.2, -0.15) is 9.97 Å². The van der Waals surface area contributed by atoms with E-state index in [1.165, 1.54) is 0 Å². The minimum absolute atomic E-state index is 0.359. The summed E-state index contributed by atoms with van der Waals surface area (Å²) < 4.78 is 10.1. The van der Waals surface area contributed by atoms with Gasteiger partial charge < -0.3 is 15.2 Å². The van der Waals surface area contributed by atoms with Crippen molar-refractivity contribution in [1.82, 2.24) is 9.97 Å². The largest absolute Gasteiger partial charge is 0.481 e. The van der Waals surface area contributed by atoms with E-state index < -0.39 is 0 Å². The first-order valence-electron chi connectivity index (χ1n) is 4.44. The van der Waals surface area contributed by atoms with Gasteiger partial charge in [0.25, 0.3) is 0 Å². The third-order valence-corrected chi connectivity index (χ3v) is 2.33. The van der Waals surface area contributed by atoms with Gasteiger partial charge in [0.1, 0.15) is 0 Å². The summed E-state index contributed by atoms with van der Waals surface area (Å²) in [4.78, 5) is 8.39. The van der Waals surface area contributed by atoms with E-state index in [1.807, 2.05) is 0 Å². The quantitative estimate of drug-likeness (QED) is 0.757. The van der Waals surface area contributed by atoms with Gasteiger partial charge in [-0.25, -0.2) is 0 Å². The van der Waals surface area contributed by atoms with Crippen LogP contribution in [0.3, 0.4) is 0 Å². The van der Waals surface area contributed by atoms with Gasteiger partial charge >= 0.3 is 0 Å². The molecule has 0 amide bonds. The van der Waals surface area contributed by atoms with Crippen molar-refractivity contribution in [3.63, 3.8) is 0 Å². The lowest BCUT2D eigenvalue weighted by Crippen LogP contribution is -2.22. The topological polar surface area (TPSA) is 70.3 Å².